The molecule has 0 unspecified atom stereocenters. The minimum atomic E-state index is -0.688. The van der Waals surface area contributed by atoms with Gasteiger partial charge in [0, 0.05) is 7.05 Å². The highest BCUT2D eigenvalue weighted by molar-refractivity contribution is 5.66. The monoisotopic (exact) mass is 188 g/mol. The Morgan fingerprint density at radius 2 is 2.08 bits per heavy atom. The quantitative estimate of drug-likeness (QED) is 0.365. The van der Waals surface area contributed by atoms with Crippen LogP contribution in [0.4, 0.5) is 4.79 Å². The van der Waals surface area contributed by atoms with Crippen LogP contribution in [0.1, 0.15) is 32.6 Å². The molecule has 5 heteroatoms. The first-order chi connectivity index (χ1) is 6.22. The van der Waals surface area contributed by atoms with Crippen LogP contribution in [0.3, 0.4) is 0 Å². The van der Waals surface area contributed by atoms with E-state index in [0.29, 0.717) is 11.6 Å². The van der Waals surface area contributed by atoms with Crippen LogP contribution in [0.2, 0.25) is 0 Å². The van der Waals surface area contributed by atoms with E-state index in [4.69, 9.17) is 4.74 Å². The summed E-state index contributed by atoms with van der Waals surface area (Å²) in [7, 11) is 1.27. The molecule has 76 valence electrons. The average Bonchev–Trinajstić information content (AvgIpc) is 2.16. The lowest BCUT2D eigenvalue weighted by Crippen LogP contribution is -2.21. The molecule has 0 saturated carbocycles. The largest absolute Gasteiger partial charge is 0.448 e. The van der Waals surface area contributed by atoms with Gasteiger partial charge >= 0.3 is 6.09 Å². The lowest BCUT2D eigenvalue weighted by atomic mass is 10.2. The molecule has 0 spiro atoms. The zero-order chi connectivity index (χ0) is 10.1. The second-order valence-corrected chi connectivity index (χ2v) is 2.78. The fraction of sp³-hybridized carbons (Fsp3) is 0.875. The van der Waals surface area contributed by atoms with Gasteiger partial charge in [0.2, 0.25) is 0 Å². The van der Waals surface area contributed by atoms with Crippen LogP contribution in [-0.4, -0.2) is 24.8 Å². The SMILES string of the molecule is CCCCCCOC(=O)N(C)N=O. The van der Waals surface area contributed by atoms with Crippen LogP contribution in [0.25, 0.3) is 0 Å². The molecule has 0 heterocycles. The number of rotatable bonds is 6. The average molecular weight is 188 g/mol. The summed E-state index contributed by atoms with van der Waals surface area (Å²) in [6, 6.07) is 0. The van der Waals surface area contributed by atoms with E-state index in [0.717, 1.165) is 25.7 Å². The van der Waals surface area contributed by atoms with Gasteiger partial charge in [-0.15, -0.1) is 4.91 Å². The van der Waals surface area contributed by atoms with Gasteiger partial charge in [0.1, 0.15) is 0 Å². The van der Waals surface area contributed by atoms with E-state index in [1.54, 1.807) is 0 Å². The van der Waals surface area contributed by atoms with Crippen LogP contribution in [0.5, 0.6) is 0 Å². The maximum Gasteiger partial charge on any atom is 0.432 e. The Bertz CT molecular complexity index is 161. The van der Waals surface area contributed by atoms with Crippen molar-refractivity contribution in [1.82, 2.24) is 5.01 Å². The summed E-state index contributed by atoms with van der Waals surface area (Å²) in [5.41, 5.74) is 0. The summed E-state index contributed by atoms with van der Waals surface area (Å²) in [6.07, 6.45) is 3.48. The minimum absolute atomic E-state index is 0.360. The van der Waals surface area contributed by atoms with Crippen LogP contribution >= 0.6 is 0 Å². The van der Waals surface area contributed by atoms with Gasteiger partial charge in [0.25, 0.3) is 0 Å². The molecule has 0 aliphatic heterocycles. The number of nitroso groups, excluding NO2 is 1. The predicted octanol–water partition coefficient (Wildman–Crippen LogP) is 2.32. The normalized spacial score (nSPS) is 9.38. The van der Waals surface area contributed by atoms with Crippen molar-refractivity contribution in [2.24, 2.45) is 5.29 Å². The molecule has 0 aliphatic rings. The van der Waals surface area contributed by atoms with Crippen molar-refractivity contribution in [3.8, 4) is 0 Å². The van der Waals surface area contributed by atoms with E-state index in [1.165, 1.54) is 7.05 Å². The predicted molar refractivity (Wildman–Crippen MR) is 49.0 cm³/mol. The lowest BCUT2D eigenvalue weighted by Gasteiger charge is -2.07. The molecule has 0 fully saturated rings. The molecule has 0 aromatic rings. The molecular weight excluding hydrogens is 172 g/mol. The number of ether oxygens (including phenoxy) is 1. The Balaban J connectivity index is 3.32. The highest BCUT2D eigenvalue weighted by atomic mass is 16.6. The zero-order valence-electron chi connectivity index (χ0n) is 8.15. The Morgan fingerprint density at radius 3 is 2.62 bits per heavy atom. The summed E-state index contributed by atoms with van der Waals surface area (Å²) in [4.78, 5) is 20.7. The fourth-order valence-corrected chi connectivity index (χ4v) is 0.815. The van der Waals surface area contributed by atoms with Gasteiger partial charge in [0.05, 0.1) is 11.9 Å². The van der Waals surface area contributed by atoms with E-state index in [9.17, 15) is 9.70 Å². The molecule has 13 heavy (non-hydrogen) atoms. The van der Waals surface area contributed by atoms with Gasteiger partial charge in [-0.1, -0.05) is 26.2 Å². The van der Waals surface area contributed by atoms with Gasteiger partial charge in [-0.3, -0.25) is 0 Å². The molecule has 0 N–H and O–H groups in total. The molecule has 0 aliphatic carbocycles. The third-order valence-corrected chi connectivity index (χ3v) is 1.61. The van der Waals surface area contributed by atoms with Crippen molar-refractivity contribution in [2.75, 3.05) is 13.7 Å². The molecule has 0 rings (SSSR count). The van der Waals surface area contributed by atoms with Crippen molar-refractivity contribution in [2.45, 2.75) is 32.6 Å². The topological polar surface area (TPSA) is 59.0 Å². The summed E-state index contributed by atoms with van der Waals surface area (Å²) < 4.78 is 4.73. The summed E-state index contributed by atoms with van der Waals surface area (Å²) >= 11 is 0. The molecule has 0 saturated heterocycles. The first kappa shape index (κ1) is 11.9. The molecule has 0 radical (unpaired) electrons. The maximum atomic E-state index is 10.8. The van der Waals surface area contributed by atoms with Crippen molar-refractivity contribution >= 4 is 6.09 Å². The zero-order valence-corrected chi connectivity index (χ0v) is 8.15. The number of carbonyl (C=O) groups is 1. The second kappa shape index (κ2) is 7.52. The fourth-order valence-electron chi connectivity index (χ4n) is 0.815. The highest BCUT2D eigenvalue weighted by Crippen LogP contribution is 2.00. The third kappa shape index (κ3) is 6.07. The van der Waals surface area contributed by atoms with Crippen molar-refractivity contribution in [1.29, 1.82) is 0 Å². The van der Waals surface area contributed by atoms with Crippen molar-refractivity contribution in [3.63, 3.8) is 0 Å². The van der Waals surface area contributed by atoms with Crippen LogP contribution in [-0.2, 0) is 4.74 Å². The molecule has 0 bridgehead atoms. The second-order valence-electron chi connectivity index (χ2n) is 2.78. The number of carbonyl (C=O) groups excluding carboxylic acids is 1. The van der Waals surface area contributed by atoms with E-state index in [2.05, 4.69) is 12.2 Å². The molecule has 5 nitrogen and oxygen atoms in total. The van der Waals surface area contributed by atoms with Crippen LogP contribution in [0, 0.1) is 4.91 Å². The first-order valence-corrected chi connectivity index (χ1v) is 4.46. The van der Waals surface area contributed by atoms with Gasteiger partial charge in [-0.05, 0) is 6.42 Å². The van der Waals surface area contributed by atoms with E-state index in [-0.39, 0.29) is 0 Å². The van der Waals surface area contributed by atoms with Crippen molar-refractivity contribution < 1.29 is 9.53 Å². The molecule has 0 aromatic carbocycles. The van der Waals surface area contributed by atoms with E-state index in [1.807, 2.05) is 0 Å². The molecular formula is C8H16N2O3. The van der Waals surface area contributed by atoms with Gasteiger partial charge in [-0.25, -0.2) is 4.79 Å². The Kier molecular flexibility index (Phi) is 6.86. The number of unbranched alkanes of at least 4 members (excludes halogenated alkanes) is 3. The minimum Gasteiger partial charge on any atom is -0.448 e. The Hall–Kier alpha value is -1.13. The maximum absolute atomic E-state index is 10.8. The standard InChI is InChI=1S/C8H16N2O3/c1-3-4-5-6-7-13-8(11)10(2)9-12/h3-7H2,1-2H3. The van der Waals surface area contributed by atoms with E-state index >= 15 is 0 Å². The third-order valence-electron chi connectivity index (χ3n) is 1.61. The first-order valence-electron chi connectivity index (χ1n) is 4.46. The number of hydrogen-bond donors (Lipinski definition) is 0. The van der Waals surface area contributed by atoms with Crippen molar-refractivity contribution in [3.05, 3.63) is 4.91 Å². The number of nitrogens with zero attached hydrogens (tertiary/aromatic N) is 2. The lowest BCUT2D eigenvalue weighted by molar-refractivity contribution is 0.110. The summed E-state index contributed by atoms with van der Waals surface area (Å²) in [5.74, 6) is 0. The highest BCUT2D eigenvalue weighted by Gasteiger charge is 2.08. The summed E-state index contributed by atoms with van der Waals surface area (Å²) in [6.45, 7) is 2.47. The van der Waals surface area contributed by atoms with E-state index < -0.39 is 6.09 Å². The molecule has 1 amide bonds. The van der Waals surface area contributed by atoms with Gasteiger partial charge < -0.3 is 4.74 Å². The van der Waals surface area contributed by atoms with Crippen LogP contribution in [0.15, 0.2) is 5.29 Å². The summed E-state index contributed by atoms with van der Waals surface area (Å²) in [5, 5.41) is 3.05. The van der Waals surface area contributed by atoms with Crippen LogP contribution < -0.4 is 0 Å². The van der Waals surface area contributed by atoms with Gasteiger partial charge in [0.15, 0.2) is 0 Å². The molecule has 0 aromatic heterocycles. The number of hydrogen-bond acceptors (Lipinski definition) is 4. The smallest absolute Gasteiger partial charge is 0.432 e. The number of amides is 1. The Labute approximate surface area is 78.0 Å². The van der Waals surface area contributed by atoms with Gasteiger partial charge in [-0.2, -0.15) is 5.01 Å². The molecule has 0 atom stereocenters. The Morgan fingerprint density at radius 1 is 1.38 bits per heavy atom.